The number of fused-ring (bicyclic) bond motifs is 1. The van der Waals surface area contributed by atoms with Crippen LogP contribution in [0, 0.1) is 5.82 Å². The molecule has 4 N–H and O–H groups in total. The quantitative estimate of drug-likeness (QED) is 0.264. The number of carbonyl (C=O) groups is 3. The summed E-state index contributed by atoms with van der Waals surface area (Å²) in [7, 11) is 0. The Bertz CT molecular complexity index is 1380. The Hall–Kier alpha value is -4.73. The van der Waals surface area contributed by atoms with Gasteiger partial charge in [0.1, 0.15) is 11.5 Å². The smallest absolute Gasteiger partial charge is 0.335 e. The molecule has 10 heteroatoms. The van der Waals surface area contributed by atoms with Crippen molar-refractivity contribution < 1.29 is 23.9 Å². The van der Waals surface area contributed by atoms with E-state index in [-0.39, 0.29) is 23.8 Å². The van der Waals surface area contributed by atoms with Crippen molar-refractivity contribution in [1.82, 2.24) is 20.4 Å². The summed E-state index contributed by atoms with van der Waals surface area (Å²) in [5, 5.41) is 22.5. The Morgan fingerprint density at radius 3 is 2.36 bits per heavy atom. The minimum Gasteiger partial charge on any atom is -0.478 e. The molecule has 0 spiro atoms. The molecule has 0 saturated heterocycles. The highest BCUT2D eigenvalue weighted by atomic mass is 19.1. The highest BCUT2D eigenvalue weighted by Crippen LogP contribution is 2.19. The van der Waals surface area contributed by atoms with Crippen LogP contribution < -0.4 is 16.0 Å². The minimum absolute atomic E-state index is 0.175. The maximum Gasteiger partial charge on any atom is 0.335 e. The van der Waals surface area contributed by atoms with Gasteiger partial charge in [0.15, 0.2) is 0 Å². The number of nitrogens with one attached hydrogen (secondary N) is 3. The van der Waals surface area contributed by atoms with E-state index in [0.29, 0.717) is 41.8 Å². The van der Waals surface area contributed by atoms with Gasteiger partial charge in [0, 0.05) is 30.7 Å². The van der Waals surface area contributed by atoms with Crippen molar-refractivity contribution in [3.63, 3.8) is 0 Å². The second-order valence-electron chi connectivity index (χ2n) is 8.01. The third-order valence-corrected chi connectivity index (χ3v) is 5.45. The Morgan fingerprint density at radius 2 is 1.64 bits per heavy atom. The van der Waals surface area contributed by atoms with Crippen molar-refractivity contribution in [3.05, 3.63) is 95.4 Å². The van der Waals surface area contributed by atoms with Gasteiger partial charge >= 0.3 is 12.0 Å². The summed E-state index contributed by atoms with van der Waals surface area (Å²) in [6.45, 7) is 0.950. The lowest BCUT2D eigenvalue weighted by molar-refractivity contribution is 0.0696. The van der Waals surface area contributed by atoms with Gasteiger partial charge in [-0.2, -0.15) is 5.10 Å². The molecule has 0 saturated carbocycles. The number of nitrogens with zero attached hydrogens (tertiary/aromatic N) is 2. The summed E-state index contributed by atoms with van der Waals surface area (Å²) >= 11 is 0. The van der Waals surface area contributed by atoms with Crippen molar-refractivity contribution >= 4 is 34.5 Å². The summed E-state index contributed by atoms with van der Waals surface area (Å²) in [4.78, 5) is 36.2. The van der Waals surface area contributed by atoms with Gasteiger partial charge < -0.3 is 21.1 Å². The highest BCUT2D eigenvalue weighted by molar-refractivity contribution is 6.05. The monoisotopic (exact) mass is 489 g/mol. The maximum atomic E-state index is 13.1. The zero-order chi connectivity index (χ0) is 25.5. The molecule has 1 aromatic heterocycles. The first-order chi connectivity index (χ1) is 17.4. The lowest BCUT2D eigenvalue weighted by Gasteiger charge is -2.10. The van der Waals surface area contributed by atoms with Crippen LogP contribution in [0.5, 0.6) is 0 Å². The number of hydrogen-bond donors (Lipinski definition) is 4. The van der Waals surface area contributed by atoms with Gasteiger partial charge in [0.25, 0.3) is 5.91 Å². The van der Waals surface area contributed by atoms with E-state index in [1.54, 1.807) is 16.8 Å². The van der Waals surface area contributed by atoms with Gasteiger partial charge in [0.05, 0.1) is 11.1 Å². The highest BCUT2D eigenvalue weighted by Gasteiger charge is 2.18. The fourth-order valence-electron chi connectivity index (χ4n) is 3.65. The first-order valence-electron chi connectivity index (χ1n) is 11.3. The van der Waals surface area contributed by atoms with Crippen molar-refractivity contribution in [2.75, 3.05) is 11.9 Å². The molecule has 0 bridgehead atoms. The molecule has 4 aromatic rings. The van der Waals surface area contributed by atoms with Gasteiger partial charge in [0.2, 0.25) is 0 Å². The van der Waals surface area contributed by atoms with Gasteiger partial charge in [-0.1, -0.05) is 30.3 Å². The third kappa shape index (κ3) is 6.03. The summed E-state index contributed by atoms with van der Waals surface area (Å²) in [5.41, 5.74) is 2.50. The zero-order valence-electron chi connectivity index (χ0n) is 19.2. The van der Waals surface area contributed by atoms with E-state index >= 15 is 0 Å². The van der Waals surface area contributed by atoms with E-state index in [2.05, 4.69) is 21.0 Å². The van der Waals surface area contributed by atoms with Crippen molar-refractivity contribution in [3.8, 4) is 0 Å². The number of carboxylic acid groups (broad SMARTS) is 1. The molecule has 0 aliphatic carbocycles. The van der Waals surface area contributed by atoms with E-state index in [1.165, 1.54) is 36.4 Å². The number of benzene rings is 3. The molecule has 0 aliphatic rings. The molecule has 9 nitrogen and oxygen atoms in total. The van der Waals surface area contributed by atoms with Crippen LogP contribution in [0.3, 0.4) is 0 Å². The lowest BCUT2D eigenvalue weighted by atomic mass is 10.1. The molecule has 0 aliphatic heterocycles. The van der Waals surface area contributed by atoms with E-state index in [1.807, 2.05) is 24.3 Å². The molecule has 3 aromatic carbocycles. The lowest BCUT2D eigenvalue weighted by Crippen LogP contribution is -2.30. The number of amides is 3. The number of carboxylic acids is 1. The van der Waals surface area contributed by atoms with Gasteiger partial charge in [-0.25, -0.2) is 14.0 Å². The fraction of sp³-hybridized carbons (Fsp3) is 0.154. The second kappa shape index (κ2) is 11.1. The first-order valence-corrected chi connectivity index (χ1v) is 11.3. The molecule has 0 atom stereocenters. The summed E-state index contributed by atoms with van der Waals surface area (Å²) in [5.74, 6) is -1.71. The molecular formula is C26H24FN5O4. The van der Waals surface area contributed by atoms with E-state index in [0.717, 1.165) is 5.56 Å². The van der Waals surface area contributed by atoms with E-state index < -0.39 is 12.0 Å². The average molecular weight is 490 g/mol. The van der Waals surface area contributed by atoms with Gasteiger partial charge in [-0.3, -0.25) is 9.48 Å². The predicted molar refractivity (Wildman–Crippen MR) is 132 cm³/mol. The molecule has 4 rings (SSSR count). The fourth-order valence-corrected chi connectivity index (χ4v) is 3.65. The number of aromatic nitrogens is 2. The van der Waals surface area contributed by atoms with E-state index in [9.17, 15) is 18.8 Å². The minimum atomic E-state index is -1.01. The summed E-state index contributed by atoms with van der Waals surface area (Å²) in [6.07, 6.45) is 0.516. The van der Waals surface area contributed by atoms with Crippen LogP contribution in [-0.4, -0.2) is 39.3 Å². The predicted octanol–water partition coefficient (Wildman–Crippen LogP) is 4.02. The molecule has 0 radical (unpaired) electrons. The average Bonchev–Trinajstić information content (AvgIpc) is 3.25. The normalized spacial score (nSPS) is 10.7. The molecular weight excluding hydrogens is 465 g/mol. The molecule has 36 heavy (non-hydrogen) atoms. The number of carbonyl (C=O) groups excluding carboxylic acids is 2. The standard InChI is InChI=1S/C26H24FN5O4/c27-19-10-12-20(13-11-19)30-26(36)28-14-3-15-32-23(21-4-1-2-5-22(21)31-32)24(33)29-16-17-6-8-18(9-7-17)25(34)35/h1-2,4-13H,3,14-16H2,(H,29,33)(H,34,35)(H2,28,30,36). The second-order valence-corrected chi connectivity index (χ2v) is 8.01. The molecule has 0 fully saturated rings. The molecule has 3 amide bonds. The van der Waals surface area contributed by atoms with Crippen LogP contribution in [0.2, 0.25) is 0 Å². The number of anilines is 1. The van der Waals surface area contributed by atoms with Gasteiger partial charge in [-0.05, 0) is 54.4 Å². The van der Waals surface area contributed by atoms with Crippen LogP contribution in [0.1, 0.15) is 32.8 Å². The maximum absolute atomic E-state index is 13.1. The number of halogens is 1. The topological polar surface area (TPSA) is 125 Å². The summed E-state index contributed by atoms with van der Waals surface area (Å²) in [6, 6.07) is 18.6. The summed E-state index contributed by atoms with van der Waals surface area (Å²) < 4.78 is 14.6. The Balaban J connectivity index is 1.36. The van der Waals surface area contributed by atoms with Crippen molar-refractivity contribution in [1.29, 1.82) is 0 Å². The van der Waals surface area contributed by atoms with E-state index in [4.69, 9.17) is 5.11 Å². The van der Waals surface area contributed by atoms with Crippen molar-refractivity contribution in [2.24, 2.45) is 0 Å². The van der Waals surface area contributed by atoms with Crippen LogP contribution >= 0.6 is 0 Å². The number of aromatic carboxylic acids is 1. The number of rotatable bonds is 9. The molecule has 0 unspecified atom stereocenters. The third-order valence-electron chi connectivity index (χ3n) is 5.45. The Labute approximate surface area is 205 Å². The Morgan fingerprint density at radius 1 is 0.917 bits per heavy atom. The van der Waals surface area contributed by atoms with Crippen LogP contribution in [0.25, 0.3) is 10.9 Å². The SMILES string of the molecule is O=C(NCCCn1nc2ccccc2c1C(=O)NCc1ccc(C(=O)O)cc1)Nc1ccc(F)cc1. The van der Waals surface area contributed by atoms with Gasteiger partial charge in [-0.15, -0.1) is 0 Å². The largest absolute Gasteiger partial charge is 0.478 e. The number of hydrogen-bond acceptors (Lipinski definition) is 4. The molecule has 1 heterocycles. The number of aryl methyl sites for hydroxylation is 1. The zero-order valence-corrected chi connectivity index (χ0v) is 19.2. The van der Waals surface area contributed by atoms with Crippen molar-refractivity contribution in [2.45, 2.75) is 19.5 Å². The Kier molecular flexibility index (Phi) is 7.54. The van der Waals surface area contributed by atoms with Crippen LogP contribution in [-0.2, 0) is 13.1 Å². The number of urea groups is 1. The first kappa shape index (κ1) is 24.4. The van der Waals surface area contributed by atoms with Crippen LogP contribution in [0.15, 0.2) is 72.8 Å². The molecule has 184 valence electrons. The van der Waals surface area contributed by atoms with Crippen LogP contribution in [0.4, 0.5) is 14.9 Å².